The van der Waals surface area contributed by atoms with Crippen LogP contribution in [-0.4, -0.2) is 74.4 Å². The third-order valence-corrected chi connectivity index (χ3v) is 7.35. The summed E-state index contributed by atoms with van der Waals surface area (Å²) in [5.74, 6) is -1.03. The van der Waals surface area contributed by atoms with Crippen molar-refractivity contribution in [3.63, 3.8) is 0 Å². The number of carbonyl (C=O) groups is 3. The Balaban J connectivity index is 1.35. The Morgan fingerprint density at radius 2 is 1.70 bits per heavy atom. The highest BCUT2D eigenvalue weighted by Crippen LogP contribution is 2.20. The molecule has 10 nitrogen and oxygen atoms in total. The van der Waals surface area contributed by atoms with Crippen molar-refractivity contribution in [3.8, 4) is 0 Å². The van der Waals surface area contributed by atoms with E-state index in [1.807, 2.05) is 30.3 Å². The Hall–Kier alpha value is -3.28. The van der Waals surface area contributed by atoms with Gasteiger partial charge in [0.25, 0.3) is 5.91 Å². The van der Waals surface area contributed by atoms with Crippen molar-refractivity contribution in [2.24, 2.45) is 0 Å². The van der Waals surface area contributed by atoms with Crippen LogP contribution in [0.2, 0.25) is 0 Å². The van der Waals surface area contributed by atoms with Crippen LogP contribution in [0.15, 0.2) is 59.5 Å². The van der Waals surface area contributed by atoms with Crippen LogP contribution in [0, 0.1) is 0 Å². The second kappa shape index (κ2) is 9.69. The molecule has 4 amide bonds. The predicted molar refractivity (Wildman–Crippen MR) is 119 cm³/mol. The van der Waals surface area contributed by atoms with E-state index in [2.05, 4.69) is 10.6 Å². The molecule has 2 aliphatic heterocycles. The molecular weight excluding hydrogens is 448 g/mol. The molecule has 0 spiro atoms. The average molecular weight is 473 g/mol. The summed E-state index contributed by atoms with van der Waals surface area (Å²) < 4.78 is 31.9. The van der Waals surface area contributed by atoms with E-state index >= 15 is 0 Å². The van der Waals surface area contributed by atoms with Crippen molar-refractivity contribution >= 4 is 33.6 Å². The van der Waals surface area contributed by atoms with E-state index in [1.165, 1.54) is 28.6 Å². The zero-order valence-electron chi connectivity index (χ0n) is 17.8. The van der Waals surface area contributed by atoms with Crippen LogP contribution in [0.1, 0.15) is 5.56 Å². The highest BCUT2D eigenvalue weighted by molar-refractivity contribution is 7.89. The second-order valence-electron chi connectivity index (χ2n) is 7.71. The van der Waals surface area contributed by atoms with E-state index in [9.17, 15) is 22.8 Å². The third kappa shape index (κ3) is 5.21. The van der Waals surface area contributed by atoms with Gasteiger partial charge >= 0.3 is 6.03 Å². The van der Waals surface area contributed by atoms with E-state index in [-0.39, 0.29) is 18.0 Å². The molecule has 33 heavy (non-hydrogen) atoms. The highest BCUT2D eigenvalue weighted by Gasteiger charge is 2.38. The highest BCUT2D eigenvalue weighted by atomic mass is 32.2. The maximum Gasteiger partial charge on any atom is 0.325 e. The summed E-state index contributed by atoms with van der Waals surface area (Å²) in [5.41, 5.74) is 1.25. The van der Waals surface area contributed by atoms with Gasteiger partial charge in [0.15, 0.2) is 0 Å². The van der Waals surface area contributed by atoms with Gasteiger partial charge < -0.3 is 15.4 Å². The maximum absolute atomic E-state index is 12.7. The Labute approximate surface area is 191 Å². The summed E-state index contributed by atoms with van der Waals surface area (Å²) in [6.45, 7) is 0.838. The number of anilines is 1. The van der Waals surface area contributed by atoms with Gasteiger partial charge in [-0.1, -0.05) is 30.3 Å². The molecule has 0 aromatic heterocycles. The summed E-state index contributed by atoms with van der Waals surface area (Å²) >= 11 is 0. The molecule has 2 aromatic rings. The van der Waals surface area contributed by atoms with Gasteiger partial charge in [-0.2, -0.15) is 4.31 Å². The quantitative estimate of drug-likeness (QED) is 0.575. The molecule has 2 saturated heterocycles. The Morgan fingerprint density at radius 3 is 2.36 bits per heavy atom. The molecule has 0 aliphatic carbocycles. The Morgan fingerprint density at radius 1 is 1.03 bits per heavy atom. The van der Waals surface area contributed by atoms with Crippen LogP contribution in [0.5, 0.6) is 0 Å². The summed E-state index contributed by atoms with van der Waals surface area (Å²) in [6.07, 6.45) is 0.336. The lowest BCUT2D eigenvalue weighted by Gasteiger charge is -2.26. The number of imide groups is 1. The van der Waals surface area contributed by atoms with E-state index in [1.54, 1.807) is 0 Å². The van der Waals surface area contributed by atoms with Gasteiger partial charge in [0, 0.05) is 25.2 Å². The van der Waals surface area contributed by atoms with Crippen molar-refractivity contribution in [2.75, 3.05) is 38.2 Å². The number of ether oxygens (including phenoxy) is 1. The molecule has 0 bridgehead atoms. The summed E-state index contributed by atoms with van der Waals surface area (Å²) in [7, 11) is -3.64. The molecule has 2 heterocycles. The number of hydrogen-bond acceptors (Lipinski definition) is 6. The number of urea groups is 1. The minimum absolute atomic E-state index is 0.111. The zero-order chi connectivity index (χ0) is 23.4. The second-order valence-corrected chi connectivity index (χ2v) is 9.64. The van der Waals surface area contributed by atoms with Gasteiger partial charge in [0.2, 0.25) is 15.9 Å². The molecule has 174 valence electrons. The summed E-state index contributed by atoms with van der Waals surface area (Å²) in [4.78, 5) is 38.2. The molecule has 2 fully saturated rings. The number of morpholine rings is 1. The number of carbonyl (C=O) groups excluding carboxylic acids is 3. The predicted octanol–water partition coefficient (Wildman–Crippen LogP) is 0.809. The van der Waals surface area contributed by atoms with Crippen LogP contribution < -0.4 is 10.6 Å². The maximum atomic E-state index is 12.7. The lowest BCUT2D eigenvalue weighted by atomic mass is 10.1. The molecule has 0 saturated carbocycles. The minimum atomic E-state index is -3.64. The first-order valence-corrected chi connectivity index (χ1v) is 11.9. The van der Waals surface area contributed by atoms with Crippen molar-refractivity contribution in [3.05, 3.63) is 60.2 Å². The summed E-state index contributed by atoms with van der Waals surface area (Å²) in [6, 6.07) is 13.7. The van der Waals surface area contributed by atoms with Crippen LogP contribution in [-0.2, 0) is 30.8 Å². The van der Waals surface area contributed by atoms with Crippen molar-refractivity contribution < 1.29 is 27.5 Å². The molecule has 2 N–H and O–H groups in total. The van der Waals surface area contributed by atoms with Gasteiger partial charge in [-0.05, 0) is 29.8 Å². The smallest absolute Gasteiger partial charge is 0.325 e. The van der Waals surface area contributed by atoms with Crippen LogP contribution >= 0.6 is 0 Å². The number of nitrogens with one attached hydrogen (secondary N) is 2. The molecular formula is C22H24N4O6S. The fraction of sp³-hybridized carbons (Fsp3) is 0.318. The van der Waals surface area contributed by atoms with E-state index in [0.29, 0.717) is 25.3 Å². The molecule has 1 unspecified atom stereocenters. The van der Waals surface area contributed by atoms with Crippen molar-refractivity contribution in [2.45, 2.75) is 17.4 Å². The largest absolute Gasteiger partial charge is 0.379 e. The number of sulfonamides is 1. The minimum Gasteiger partial charge on any atom is -0.379 e. The first kappa shape index (κ1) is 22.9. The average Bonchev–Trinajstić information content (AvgIpc) is 3.08. The molecule has 2 aliphatic rings. The number of amides is 4. The molecule has 4 rings (SSSR count). The molecule has 0 radical (unpaired) electrons. The molecule has 1 atom stereocenters. The van der Waals surface area contributed by atoms with Gasteiger partial charge in [-0.25, -0.2) is 13.2 Å². The zero-order valence-corrected chi connectivity index (χ0v) is 18.6. The van der Waals surface area contributed by atoms with E-state index < -0.39 is 40.5 Å². The standard InChI is InChI=1S/C22H24N4O6S/c27-20(15-26-21(28)19(24-22(26)29)14-16-4-2-1-3-5-16)23-17-6-8-18(9-7-17)33(30,31)25-10-12-32-13-11-25/h1-9,19H,10-15H2,(H,23,27)(H,24,29). The Bertz CT molecular complexity index is 1130. The number of rotatable bonds is 7. The lowest BCUT2D eigenvalue weighted by Crippen LogP contribution is -2.40. The normalized spacial score (nSPS) is 19.4. The van der Waals surface area contributed by atoms with Crippen LogP contribution in [0.4, 0.5) is 10.5 Å². The van der Waals surface area contributed by atoms with E-state index in [4.69, 9.17) is 4.74 Å². The third-order valence-electron chi connectivity index (χ3n) is 5.44. The Kier molecular flexibility index (Phi) is 6.72. The fourth-order valence-electron chi connectivity index (χ4n) is 3.71. The van der Waals surface area contributed by atoms with Crippen LogP contribution in [0.3, 0.4) is 0 Å². The van der Waals surface area contributed by atoms with Crippen LogP contribution in [0.25, 0.3) is 0 Å². The number of nitrogens with zero attached hydrogens (tertiary/aromatic N) is 2. The first-order chi connectivity index (χ1) is 15.8. The van der Waals surface area contributed by atoms with E-state index in [0.717, 1.165) is 10.5 Å². The van der Waals surface area contributed by atoms with Crippen molar-refractivity contribution in [1.29, 1.82) is 0 Å². The summed E-state index contributed by atoms with van der Waals surface area (Å²) in [5, 5.41) is 5.20. The van der Waals surface area contributed by atoms with Gasteiger partial charge in [-0.3, -0.25) is 14.5 Å². The fourth-order valence-corrected chi connectivity index (χ4v) is 5.11. The lowest BCUT2D eigenvalue weighted by molar-refractivity contribution is -0.130. The molecule has 11 heteroatoms. The topological polar surface area (TPSA) is 125 Å². The number of hydrogen-bond donors (Lipinski definition) is 2. The van der Waals surface area contributed by atoms with Gasteiger partial charge in [-0.15, -0.1) is 0 Å². The first-order valence-electron chi connectivity index (χ1n) is 10.5. The number of benzene rings is 2. The van der Waals surface area contributed by atoms with Gasteiger partial charge in [0.1, 0.15) is 12.6 Å². The van der Waals surface area contributed by atoms with Gasteiger partial charge in [0.05, 0.1) is 18.1 Å². The monoisotopic (exact) mass is 472 g/mol. The molecule has 2 aromatic carbocycles. The SMILES string of the molecule is O=C(CN1C(=O)NC(Cc2ccccc2)C1=O)Nc1ccc(S(=O)(=O)N2CCOCC2)cc1. The van der Waals surface area contributed by atoms with Crippen molar-refractivity contribution in [1.82, 2.24) is 14.5 Å².